The number of rotatable bonds is 0. The first kappa shape index (κ1) is 10.6. The maximum atomic E-state index is 10.00. The quantitative estimate of drug-likeness (QED) is 0.567. The van der Waals surface area contributed by atoms with E-state index in [4.69, 9.17) is 0 Å². The molecule has 3 heteroatoms. The summed E-state index contributed by atoms with van der Waals surface area (Å²) in [7, 11) is 0. The van der Waals surface area contributed by atoms with Crippen LogP contribution in [0, 0.1) is 5.92 Å². The average molecular weight is 208 g/mol. The van der Waals surface area contributed by atoms with E-state index in [0.717, 1.165) is 12.1 Å². The summed E-state index contributed by atoms with van der Waals surface area (Å²) in [6.07, 6.45) is 0. The van der Waals surface area contributed by atoms with Crippen molar-refractivity contribution in [2.75, 3.05) is 6.54 Å². The number of hydrogen-bond acceptors (Lipinski definition) is 3. The number of nitrogens with one attached hydrogen (secondary N) is 2. The van der Waals surface area contributed by atoms with Crippen molar-refractivity contribution in [1.29, 1.82) is 0 Å². The monoisotopic (exact) mass is 208 g/mol. The topological polar surface area (TPSA) is 44.3 Å². The zero-order chi connectivity index (χ0) is 11.2. The number of allylic oxidation sites excluding steroid dienone is 2. The van der Waals surface area contributed by atoms with Gasteiger partial charge in [-0.2, -0.15) is 0 Å². The van der Waals surface area contributed by atoms with Crippen LogP contribution in [0.1, 0.15) is 27.7 Å². The predicted octanol–water partition coefficient (Wildman–Crippen LogP) is 1.69. The third-order valence-electron chi connectivity index (χ3n) is 3.64. The molecule has 3 unspecified atom stereocenters. The lowest BCUT2D eigenvalue weighted by Crippen LogP contribution is -2.55. The molecule has 0 aromatic carbocycles. The van der Waals surface area contributed by atoms with E-state index in [2.05, 4.69) is 31.4 Å². The molecule has 0 aromatic rings. The summed E-state index contributed by atoms with van der Waals surface area (Å²) in [6, 6.07) is 0.719. The Balaban J connectivity index is 2.41. The van der Waals surface area contributed by atoms with Gasteiger partial charge in [0.05, 0.1) is 6.04 Å². The highest BCUT2D eigenvalue weighted by Gasteiger charge is 2.34. The van der Waals surface area contributed by atoms with Crippen molar-refractivity contribution in [2.45, 2.75) is 39.8 Å². The van der Waals surface area contributed by atoms with Gasteiger partial charge < -0.3 is 15.7 Å². The van der Waals surface area contributed by atoms with Crippen LogP contribution in [-0.2, 0) is 0 Å². The Morgan fingerprint density at radius 1 is 1.20 bits per heavy atom. The van der Waals surface area contributed by atoms with E-state index in [1.54, 1.807) is 0 Å². The Hall–Kier alpha value is -0.960. The number of aliphatic hydroxyl groups is 1. The van der Waals surface area contributed by atoms with Gasteiger partial charge in [0, 0.05) is 24.2 Å². The van der Waals surface area contributed by atoms with Gasteiger partial charge in [0.25, 0.3) is 0 Å². The largest absolute Gasteiger partial charge is 0.512 e. The molecule has 84 valence electrons. The van der Waals surface area contributed by atoms with Gasteiger partial charge in [-0.05, 0) is 31.9 Å². The summed E-state index contributed by atoms with van der Waals surface area (Å²) in [5.74, 6) is 0.703. The van der Waals surface area contributed by atoms with Gasteiger partial charge in [-0.15, -0.1) is 0 Å². The average Bonchev–Trinajstić information content (AvgIpc) is 2.23. The SMILES string of the molecule is CC1=C(O)C(C)C2NCC(C)NC2=C1C. The van der Waals surface area contributed by atoms with Gasteiger partial charge in [0.1, 0.15) is 5.76 Å². The lowest BCUT2D eigenvalue weighted by atomic mass is 9.83. The maximum Gasteiger partial charge on any atom is 0.100 e. The van der Waals surface area contributed by atoms with E-state index in [0.29, 0.717) is 11.8 Å². The molecule has 0 radical (unpaired) electrons. The molecule has 1 fully saturated rings. The van der Waals surface area contributed by atoms with Crippen molar-refractivity contribution in [3.05, 3.63) is 22.6 Å². The van der Waals surface area contributed by atoms with Crippen LogP contribution in [0.4, 0.5) is 0 Å². The first-order chi connectivity index (χ1) is 7.02. The van der Waals surface area contributed by atoms with Crippen LogP contribution in [-0.4, -0.2) is 23.7 Å². The lowest BCUT2D eigenvalue weighted by molar-refractivity contribution is 0.266. The minimum atomic E-state index is 0.170. The van der Waals surface area contributed by atoms with Gasteiger partial charge in [-0.25, -0.2) is 0 Å². The lowest BCUT2D eigenvalue weighted by Gasteiger charge is -2.40. The third-order valence-corrected chi connectivity index (χ3v) is 3.64. The molecule has 2 rings (SSSR count). The van der Waals surface area contributed by atoms with Crippen LogP contribution < -0.4 is 10.6 Å². The fourth-order valence-corrected chi connectivity index (χ4v) is 2.47. The summed E-state index contributed by atoms with van der Waals surface area (Å²) in [6.45, 7) is 9.26. The highest BCUT2D eigenvalue weighted by Crippen LogP contribution is 2.33. The van der Waals surface area contributed by atoms with Crippen molar-refractivity contribution in [3.63, 3.8) is 0 Å². The first-order valence-electron chi connectivity index (χ1n) is 5.63. The number of hydrogen-bond donors (Lipinski definition) is 3. The van der Waals surface area contributed by atoms with Gasteiger partial charge in [0.2, 0.25) is 0 Å². The Kier molecular flexibility index (Phi) is 2.51. The van der Waals surface area contributed by atoms with Crippen LogP contribution in [0.2, 0.25) is 0 Å². The summed E-state index contributed by atoms with van der Waals surface area (Å²) in [5, 5.41) is 17.0. The van der Waals surface area contributed by atoms with Gasteiger partial charge in [-0.3, -0.25) is 0 Å². The van der Waals surface area contributed by atoms with Crippen LogP contribution in [0.3, 0.4) is 0 Å². The standard InChI is InChI=1S/C12H20N2O/c1-6-5-13-10-9(4)12(15)8(3)7(2)11(10)14-6/h6,9-10,13-15H,5H2,1-4H3. The first-order valence-corrected chi connectivity index (χ1v) is 5.63. The summed E-state index contributed by atoms with van der Waals surface area (Å²) in [4.78, 5) is 0. The molecule has 1 aliphatic carbocycles. The van der Waals surface area contributed by atoms with E-state index >= 15 is 0 Å². The van der Waals surface area contributed by atoms with Crippen molar-refractivity contribution >= 4 is 0 Å². The van der Waals surface area contributed by atoms with Gasteiger partial charge in [-0.1, -0.05) is 6.92 Å². The van der Waals surface area contributed by atoms with E-state index in [1.165, 1.54) is 11.3 Å². The summed E-state index contributed by atoms with van der Waals surface area (Å²) < 4.78 is 0. The van der Waals surface area contributed by atoms with E-state index < -0.39 is 0 Å². The molecule has 3 nitrogen and oxygen atoms in total. The third kappa shape index (κ3) is 1.55. The highest BCUT2D eigenvalue weighted by molar-refractivity contribution is 5.42. The summed E-state index contributed by atoms with van der Waals surface area (Å²) >= 11 is 0. The molecule has 0 amide bonds. The molecule has 0 saturated carbocycles. The highest BCUT2D eigenvalue weighted by atomic mass is 16.3. The molecule has 15 heavy (non-hydrogen) atoms. The van der Waals surface area contributed by atoms with Crippen LogP contribution in [0.25, 0.3) is 0 Å². The van der Waals surface area contributed by atoms with E-state index in [1.807, 2.05) is 6.92 Å². The summed E-state index contributed by atoms with van der Waals surface area (Å²) in [5.41, 5.74) is 3.48. The zero-order valence-electron chi connectivity index (χ0n) is 9.89. The molecule has 0 spiro atoms. The molecular weight excluding hydrogens is 188 g/mol. The molecule has 3 atom stereocenters. The Morgan fingerprint density at radius 2 is 1.87 bits per heavy atom. The second kappa shape index (κ2) is 3.56. The molecule has 0 bridgehead atoms. The molecule has 0 aromatic heterocycles. The second-order valence-electron chi connectivity index (χ2n) is 4.77. The Bertz CT molecular complexity index is 344. The van der Waals surface area contributed by atoms with E-state index in [9.17, 15) is 5.11 Å². The predicted molar refractivity (Wildman–Crippen MR) is 61.6 cm³/mol. The fourth-order valence-electron chi connectivity index (χ4n) is 2.47. The molecule has 1 aliphatic heterocycles. The van der Waals surface area contributed by atoms with Gasteiger partial charge >= 0.3 is 0 Å². The molecule has 1 heterocycles. The molecular formula is C12H20N2O. The number of piperazine rings is 1. The van der Waals surface area contributed by atoms with E-state index in [-0.39, 0.29) is 12.0 Å². The Labute approximate surface area is 91.3 Å². The molecule has 2 aliphatic rings. The van der Waals surface area contributed by atoms with Crippen molar-refractivity contribution in [2.24, 2.45) is 5.92 Å². The van der Waals surface area contributed by atoms with Crippen LogP contribution in [0.15, 0.2) is 22.6 Å². The van der Waals surface area contributed by atoms with Crippen molar-refractivity contribution in [3.8, 4) is 0 Å². The number of fused-ring (bicyclic) bond motifs is 1. The Morgan fingerprint density at radius 3 is 2.53 bits per heavy atom. The molecule has 3 N–H and O–H groups in total. The van der Waals surface area contributed by atoms with Gasteiger partial charge in [0.15, 0.2) is 0 Å². The number of aliphatic hydroxyl groups excluding tert-OH is 1. The van der Waals surface area contributed by atoms with Crippen LogP contribution >= 0.6 is 0 Å². The fraction of sp³-hybridized carbons (Fsp3) is 0.667. The normalized spacial score (nSPS) is 36.4. The zero-order valence-corrected chi connectivity index (χ0v) is 9.89. The minimum Gasteiger partial charge on any atom is -0.512 e. The molecule has 1 saturated heterocycles. The minimum absolute atomic E-state index is 0.170. The van der Waals surface area contributed by atoms with Crippen LogP contribution in [0.5, 0.6) is 0 Å². The maximum absolute atomic E-state index is 10.00. The van der Waals surface area contributed by atoms with Crippen molar-refractivity contribution < 1.29 is 5.11 Å². The second-order valence-corrected chi connectivity index (χ2v) is 4.77. The smallest absolute Gasteiger partial charge is 0.100 e. The van der Waals surface area contributed by atoms with Crippen molar-refractivity contribution in [1.82, 2.24) is 10.6 Å².